The van der Waals surface area contributed by atoms with E-state index in [1.807, 2.05) is 0 Å². The smallest absolute Gasteiger partial charge is 0.481 e. The van der Waals surface area contributed by atoms with Crippen molar-refractivity contribution in [3.8, 4) is 0 Å². The number of aliphatic carboxylic acids is 3. The minimum atomic E-state index is -5.08. The molecule has 3 amide bonds. The van der Waals surface area contributed by atoms with Crippen LogP contribution in [0.3, 0.4) is 0 Å². The average molecular weight is 590 g/mol. The normalized spacial score (nSPS) is 14.4. The van der Waals surface area contributed by atoms with Crippen LogP contribution >= 0.6 is 0 Å². The van der Waals surface area contributed by atoms with Crippen molar-refractivity contribution in [3.05, 3.63) is 35.4 Å². The first-order chi connectivity index (χ1) is 19.0. The maximum absolute atomic E-state index is 12.6. The third-order valence-electron chi connectivity index (χ3n) is 5.85. The van der Waals surface area contributed by atoms with Crippen LogP contribution in [0.2, 0.25) is 0 Å². The van der Waals surface area contributed by atoms with Crippen LogP contribution in [0.5, 0.6) is 0 Å². The second-order valence-electron chi connectivity index (χ2n) is 8.99. The third-order valence-corrected chi connectivity index (χ3v) is 5.85. The molecule has 9 N–H and O–H groups in total. The van der Waals surface area contributed by atoms with Crippen molar-refractivity contribution in [1.82, 2.24) is 16.0 Å². The molecule has 226 valence electrons. The fourth-order valence-corrected chi connectivity index (χ4v) is 3.70. The second kappa shape index (κ2) is 15.2. The van der Waals surface area contributed by atoms with E-state index in [0.29, 0.717) is 24.8 Å². The number of hydrogen-bond donors (Lipinski definition) is 8. The third kappa shape index (κ3) is 11.9. The zero-order chi connectivity index (χ0) is 31.4. The van der Waals surface area contributed by atoms with Gasteiger partial charge < -0.3 is 37.0 Å². The number of alkyl halides is 3. The molecule has 1 atom stereocenters. The van der Waals surface area contributed by atoms with E-state index < -0.39 is 66.4 Å². The Bertz CT molecular complexity index is 1150. The quantitative estimate of drug-likeness (QED) is 0.121. The number of nitrogens with two attached hydrogens (primary N) is 1. The Labute approximate surface area is 231 Å². The SMILES string of the molecule is N=C(N)c1ccc(CCC(=O)NCC(=O)N[C@@H](CC(=O)O)C(=O)NC2(C(=O)O)CCCC2)cc1.O=C(O)C(F)(F)F. The summed E-state index contributed by atoms with van der Waals surface area (Å²) in [7, 11) is 0. The van der Waals surface area contributed by atoms with Crippen LogP contribution in [-0.4, -0.2) is 81.1 Å². The predicted octanol–water partition coefficient (Wildman–Crippen LogP) is 0.126. The number of carbonyl (C=O) groups is 6. The van der Waals surface area contributed by atoms with Gasteiger partial charge in [0.05, 0.1) is 13.0 Å². The molecule has 0 radical (unpaired) electrons. The van der Waals surface area contributed by atoms with Crippen LogP contribution in [0, 0.1) is 5.41 Å². The number of amides is 3. The maximum atomic E-state index is 12.6. The number of carboxylic acid groups (broad SMARTS) is 3. The molecule has 1 aromatic rings. The number of aryl methyl sites for hydroxylation is 1. The average Bonchev–Trinajstić information content (AvgIpc) is 3.35. The van der Waals surface area contributed by atoms with Crippen molar-refractivity contribution in [2.75, 3.05) is 6.54 Å². The highest BCUT2D eigenvalue weighted by Crippen LogP contribution is 2.30. The summed E-state index contributed by atoms with van der Waals surface area (Å²) in [6.45, 7) is -0.477. The first-order valence-corrected chi connectivity index (χ1v) is 12.0. The van der Waals surface area contributed by atoms with Crippen LogP contribution in [0.25, 0.3) is 0 Å². The van der Waals surface area contributed by atoms with Crippen molar-refractivity contribution in [2.45, 2.75) is 62.7 Å². The molecule has 1 aliphatic rings. The minimum Gasteiger partial charge on any atom is -0.481 e. The number of hydrogen-bond acceptors (Lipinski definition) is 7. The van der Waals surface area contributed by atoms with E-state index in [2.05, 4.69) is 16.0 Å². The van der Waals surface area contributed by atoms with Gasteiger partial charge >= 0.3 is 24.1 Å². The molecule has 14 nitrogen and oxygen atoms in total. The summed E-state index contributed by atoms with van der Waals surface area (Å²) < 4.78 is 31.7. The molecule has 1 saturated carbocycles. The summed E-state index contributed by atoms with van der Waals surface area (Å²) in [4.78, 5) is 68.5. The lowest BCUT2D eigenvalue weighted by Gasteiger charge is -2.28. The Morgan fingerprint density at radius 3 is 1.95 bits per heavy atom. The fourth-order valence-electron chi connectivity index (χ4n) is 3.70. The van der Waals surface area contributed by atoms with E-state index >= 15 is 0 Å². The summed E-state index contributed by atoms with van der Waals surface area (Å²) in [5, 5.41) is 40.1. The van der Waals surface area contributed by atoms with Gasteiger partial charge in [-0.1, -0.05) is 37.1 Å². The number of halogens is 3. The topological polar surface area (TPSA) is 249 Å². The van der Waals surface area contributed by atoms with Crippen LogP contribution in [0.15, 0.2) is 24.3 Å². The van der Waals surface area contributed by atoms with Gasteiger partial charge in [0.15, 0.2) is 0 Å². The lowest BCUT2D eigenvalue weighted by atomic mass is 9.97. The van der Waals surface area contributed by atoms with Crippen LogP contribution in [-0.2, 0) is 35.2 Å². The van der Waals surface area contributed by atoms with Gasteiger partial charge in [0.2, 0.25) is 17.7 Å². The largest absolute Gasteiger partial charge is 0.490 e. The van der Waals surface area contributed by atoms with E-state index in [0.717, 1.165) is 5.56 Å². The number of benzene rings is 1. The van der Waals surface area contributed by atoms with Crippen molar-refractivity contribution in [1.29, 1.82) is 5.41 Å². The Kier molecular flexibility index (Phi) is 12.7. The van der Waals surface area contributed by atoms with Gasteiger partial charge in [-0.3, -0.25) is 24.6 Å². The highest BCUT2D eigenvalue weighted by atomic mass is 19.4. The number of rotatable bonds is 12. The molecule has 17 heteroatoms. The van der Waals surface area contributed by atoms with Crippen LogP contribution in [0.1, 0.15) is 49.7 Å². The number of carboxylic acids is 3. The van der Waals surface area contributed by atoms with Gasteiger partial charge in [-0.25, -0.2) is 9.59 Å². The summed E-state index contributed by atoms with van der Waals surface area (Å²) in [5.41, 5.74) is 5.31. The molecular formula is C24H30F3N5O9. The standard InChI is InChI=1S/C22H29N5O7.C2HF3O2/c23-19(24)14-6-3-13(4-7-14)5-8-16(28)25-12-17(29)26-15(11-18(30)31)20(32)27-22(21(33)34)9-1-2-10-22;3-2(4,5)1(6)7/h3-4,6-7,15H,1-2,5,8-12H2,(H3,23,24)(H,25,28)(H,26,29)(H,27,32)(H,30,31)(H,33,34);(H,6,7)/t15-;/m0./s1. The first-order valence-electron chi connectivity index (χ1n) is 12.0. The molecule has 2 rings (SSSR count). The molecule has 0 heterocycles. The molecule has 0 unspecified atom stereocenters. The number of carbonyl (C=O) groups excluding carboxylic acids is 3. The van der Waals surface area contributed by atoms with Crippen molar-refractivity contribution < 1.29 is 57.3 Å². The molecule has 0 saturated heterocycles. The van der Waals surface area contributed by atoms with Gasteiger partial charge in [-0.05, 0) is 24.8 Å². The summed E-state index contributed by atoms with van der Waals surface area (Å²) in [6, 6.07) is 5.31. The lowest BCUT2D eigenvalue weighted by Crippen LogP contribution is -2.59. The van der Waals surface area contributed by atoms with Gasteiger partial charge in [-0.2, -0.15) is 13.2 Å². The van der Waals surface area contributed by atoms with E-state index in [9.17, 15) is 42.3 Å². The second-order valence-corrected chi connectivity index (χ2v) is 8.99. The molecule has 1 aromatic carbocycles. The van der Waals surface area contributed by atoms with Gasteiger partial charge in [-0.15, -0.1) is 0 Å². The van der Waals surface area contributed by atoms with E-state index in [-0.39, 0.29) is 25.1 Å². The highest BCUT2D eigenvalue weighted by Gasteiger charge is 2.44. The zero-order valence-electron chi connectivity index (χ0n) is 21.5. The molecule has 0 aliphatic heterocycles. The van der Waals surface area contributed by atoms with Crippen molar-refractivity contribution in [2.24, 2.45) is 5.73 Å². The molecule has 0 aromatic heterocycles. The monoisotopic (exact) mass is 589 g/mol. The molecule has 1 aliphatic carbocycles. The highest BCUT2D eigenvalue weighted by molar-refractivity contribution is 5.95. The molecule has 41 heavy (non-hydrogen) atoms. The van der Waals surface area contributed by atoms with Crippen LogP contribution < -0.4 is 21.7 Å². The zero-order valence-corrected chi connectivity index (χ0v) is 21.5. The summed E-state index contributed by atoms with van der Waals surface area (Å²) in [5.74, 6) is -7.49. The van der Waals surface area contributed by atoms with E-state index in [4.69, 9.17) is 26.2 Å². The number of amidine groups is 1. The molecule has 0 bridgehead atoms. The van der Waals surface area contributed by atoms with Crippen molar-refractivity contribution in [3.63, 3.8) is 0 Å². The predicted molar refractivity (Wildman–Crippen MR) is 134 cm³/mol. The summed E-state index contributed by atoms with van der Waals surface area (Å²) >= 11 is 0. The van der Waals surface area contributed by atoms with Gasteiger partial charge in [0.1, 0.15) is 17.4 Å². The molecular weight excluding hydrogens is 559 g/mol. The molecule has 0 spiro atoms. The van der Waals surface area contributed by atoms with Gasteiger partial charge in [0.25, 0.3) is 0 Å². The Hall–Kier alpha value is -4.70. The number of nitrogens with one attached hydrogen (secondary N) is 4. The summed E-state index contributed by atoms with van der Waals surface area (Å²) in [6.07, 6.45) is -3.72. The Balaban J connectivity index is 0.00000106. The Morgan fingerprint density at radius 1 is 0.976 bits per heavy atom. The lowest BCUT2D eigenvalue weighted by molar-refractivity contribution is -0.192. The minimum absolute atomic E-state index is 0.0634. The van der Waals surface area contributed by atoms with E-state index in [1.165, 1.54) is 0 Å². The fraction of sp³-hybridized carbons (Fsp3) is 0.458. The maximum Gasteiger partial charge on any atom is 0.490 e. The van der Waals surface area contributed by atoms with Gasteiger partial charge in [0, 0.05) is 12.0 Å². The van der Waals surface area contributed by atoms with Crippen molar-refractivity contribution >= 4 is 41.5 Å². The van der Waals surface area contributed by atoms with Crippen LogP contribution in [0.4, 0.5) is 13.2 Å². The first kappa shape index (κ1) is 34.3. The Morgan fingerprint density at radius 2 is 1.51 bits per heavy atom. The van der Waals surface area contributed by atoms with E-state index in [1.54, 1.807) is 24.3 Å². The molecule has 1 fully saturated rings. The number of nitrogen functional groups attached to an aromatic ring is 1.